The van der Waals surface area contributed by atoms with E-state index >= 15 is 0 Å². The van der Waals surface area contributed by atoms with Gasteiger partial charge in [-0.05, 0) is 55.2 Å². The van der Waals surface area contributed by atoms with Crippen LogP contribution in [-0.2, 0) is 0 Å². The van der Waals surface area contributed by atoms with Gasteiger partial charge in [0.15, 0.2) is 0 Å². The van der Waals surface area contributed by atoms with E-state index in [9.17, 15) is 14.0 Å². The Bertz CT molecular complexity index is 816. The maximum atomic E-state index is 12.9. The summed E-state index contributed by atoms with van der Waals surface area (Å²) in [6.07, 6.45) is 0. The van der Waals surface area contributed by atoms with Crippen LogP contribution < -0.4 is 0 Å². The molecule has 0 saturated carbocycles. The van der Waals surface area contributed by atoms with Crippen molar-refractivity contribution >= 4 is 11.8 Å². The number of rotatable bonds is 0. The Morgan fingerprint density at radius 1 is 0.864 bits per heavy atom. The van der Waals surface area contributed by atoms with Crippen molar-refractivity contribution in [1.82, 2.24) is 4.90 Å². The minimum Gasteiger partial charge on any atom is -0.267 e. The van der Waals surface area contributed by atoms with Gasteiger partial charge >= 0.3 is 0 Å². The zero-order valence-electron chi connectivity index (χ0n) is 12.1. The third-order valence-corrected chi connectivity index (χ3v) is 3.61. The lowest BCUT2D eigenvalue weighted by Crippen LogP contribution is -2.24. The molecule has 1 aliphatic heterocycles. The van der Waals surface area contributed by atoms with Crippen LogP contribution in [-0.4, -0.2) is 16.7 Å². The average molecular weight is 293 g/mol. The number of carbonyl (C=O) groups excluding carboxylic acids is 2. The number of nitrogens with zero attached hydrogens (tertiary/aromatic N) is 1. The average Bonchev–Trinajstić information content (AvgIpc) is 2.75. The second kappa shape index (κ2) is 5.12. The standard InChI is InChI=1S/C18H12FNO2/c1-11-3-4-12(2)16-15(11)17(21)20(18(16)22)10-9-13-5-7-14(19)8-6-13/h3-8H,1-2H3. The highest BCUT2D eigenvalue weighted by atomic mass is 19.1. The quantitative estimate of drug-likeness (QED) is 0.553. The van der Waals surface area contributed by atoms with Gasteiger partial charge in [0.05, 0.1) is 11.1 Å². The molecule has 2 aromatic rings. The molecule has 1 heterocycles. The molecule has 22 heavy (non-hydrogen) atoms. The normalized spacial score (nSPS) is 13.0. The molecule has 3 rings (SSSR count). The molecule has 0 unspecified atom stereocenters. The molecule has 3 nitrogen and oxygen atoms in total. The topological polar surface area (TPSA) is 37.4 Å². The van der Waals surface area contributed by atoms with Crippen LogP contribution in [0.25, 0.3) is 0 Å². The molecular weight excluding hydrogens is 281 g/mol. The van der Waals surface area contributed by atoms with Crippen LogP contribution >= 0.6 is 0 Å². The molecule has 0 bridgehead atoms. The maximum Gasteiger partial charge on any atom is 0.273 e. The lowest BCUT2D eigenvalue weighted by atomic mass is 9.99. The van der Waals surface area contributed by atoms with Gasteiger partial charge < -0.3 is 0 Å². The van der Waals surface area contributed by atoms with Gasteiger partial charge in [0, 0.05) is 11.6 Å². The van der Waals surface area contributed by atoms with Crippen molar-refractivity contribution in [3.05, 3.63) is 70.0 Å². The molecule has 0 spiro atoms. The van der Waals surface area contributed by atoms with Gasteiger partial charge in [-0.15, -0.1) is 0 Å². The van der Waals surface area contributed by atoms with E-state index in [1.165, 1.54) is 24.3 Å². The minimum atomic E-state index is -0.407. The van der Waals surface area contributed by atoms with E-state index in [1.807, 2.05) is 12.1 Å². The summed E-state index contributed by atoms with van der Waals surface area (Å²) in [5.41, 5.74) is 2.87. The van der Waals surface area contributed by atoms with E-state index in [2.05, 4.69) is 12.0 Å². The monoisotopic (exact) mass is 293 g/mol. The molecule has 0 fully saturated rings. The molecule has 0 aliphatic carbocycles. The first kappa shape index (κ1) is 14.0. The van der Waals surface area contributed by atoms with Crippen molar-refractivity contribution in [2.45, 2.75) is 13.8 Å². The molecule has 2 amide bonds. The van der Waals surface area contributed by atoms with Crippen molar-refractivity contribution in [1.29, 1.82) is 0 Å². The SMILES string of the molecule is Cc1ccc(C)c2c1C(=O)N(C#Cc1ccc(F)cc1)C2=O. The van der Waals surface area contributed by atoms with Crippen LogP contribution in [0.2, 0.25) is 0 Å². The van der Waals surface area contributed by atoms with E-state index in [0.717, 1.165) is 16.0 Å². The van der Waals surface area contributed by atoms with E-state index in [1.54, 1.807) is 13.8 Å². The van der Waals surface area contributed by atoms with Crippen molar-refractivity contribution < 1.29 is 14.0 Å². The molecule has 0 aromatic heterocycles. The van der Waals surface area contributed by atoms with E-state index < -0.39 is 11.8 Å². The number of benzene rings is 2. The van der Waals surface area contributed by atoms with Gasteiger partial charge in [0.25, 0.3) is 11.8 Å². The van der Waals surface area contributed by atoms with Gasteiger partial charge in [-0.25, -0.2) is 4.39 Å². The number of halogens is 1. The largest absolute Gasteiger partial charge is 0.273 e. The third-order valence-electron chi connectivity index (χ3n) is 3.61. The van der Waals surface area contributed by atoms with Crippen molar-refractivity contribution in [3.63, 3.8) is 0 Å². The van der Waals surface area contributed by atoms with Crippen molar-refractivity contribution in [3.8, 4) is 12.0 Å². The summed E-state index contributed by atoms with van der Waals surface area (Å²) in [6, 6.07) is 11.8. The molecular formula is C18H12FNO2. The van der Waals surface area contributed by atoms with Crippen LogP contribution in [0.15, 0.2) is 36.4 Å². The van der Waals surface area contributed by atoms with E-state index in [0.29, 0.717) is 16.7 Å². The first-order valence-corrected chi connectivity index (χ1v) is 6.75. The van der Waals surface area contributed by atoms with Crippen LogP contribution in [0, 0.1) is 31.6 Å². The Balaban J connectivity index is 2.00. The fourth-order valence-electron chi connectivity index (χ4n) is 2.43. The molecule has 0 N–H and O–H groups in total. The van der Waals surface area contributed by atoms with Crippen molar-refractivity contribution in [2.75, 3.05) is 0 Å². The predicted molar refractivity (Wildman–Crippen MR) is 79.7 cm³/mol. The number of hydrogen-bond acceptors (Lipinski definition) is 2. The van der Waals surface area contributed by atoms with Gasteiger partial charge in [-0.3, -0.25) is 9.59 Å². The van der Waals surface area contributed by atoms with E-state index in [4.69, 9.17) is 0 Å². The Morgan fingerprint density at radius 2 is 1.36 bits per heavy atom. The Hall–Kier alpha value is -2.93. The highest BCUT2D eigenvalue weighted by Gasteiger charge is 2.37. The highest BCUT2D eigenvalue weighted by Crippen LogP contribution is 2.28. The van der Waals surface area contributed by atoms with Crippen LogP contribution in [0.3, 0.4) is 0 Å². The maximum absolute atomic E-state index is 12.9. The number of imide groups is 1. The second-order valence-electron chi connectivity index (χ2n) is 5.14. The van der Waals surface area contributed by atoms with E-state index in [-0.39, 0.29) is 5.82 Å². The molecule has 0 saturated heterocycles. The summed E-state index contributed by atoms with van der Waals surface area (Å²) in [6.45, 7) is 3.58. The summed E-state index contributed by atoms with van der Waals surface area (Å²) in [5, 5.41) is 0. The molecule has 4 heteroatoms. The number of amides is 2. The van der Waals surface area contributed by atoms with Crippen LogP contribution in [0.5, 0.6) is 0 Å². The first-order valence-electron chi connectivity index (χ1n) is 6.75. The Kier molecular flexibility index (Phi) is 3.26. The lowest BCUT2D eigenvalue weighted by molar-refractivity contribution is 0.0734. The second-order valence-corrected chi connectivity index (χ2v) is 5.14. The fraction of sp³-hybridized carbons (Fsp3) is 0.111. The molecule has 108 valence electrons. The summed E-state index contributed by atoms with van der Waals surface area (Å²) >= 11 is 0. The smallest absolute Gasteiger partial charge is 0.267 e. The summed E-state index contributed by atoms with van der Waals surface area (Å²) < 4.78 is 12.9. The first-order chi connectivity index (χ1) is 10.5. The Morgan fingerprint density at radius 3 is 1.86 bits per heavy atom. The van der Waals surface area contributed by atoms with Gasteiger partial charge in [0.1, 0.15) is 5.82 Å². The molecule has 2 aromatic carbocycles. The fourth-order valence-corrected chi connectivity index (χ4v) is 2.43. The van der Waals surface area contributed by atoms with Gasteiger partial charge in [-0.2, -0.15) is 4.90 Å². The summed E-state index contributed by atoms with van der Waals surface area (Å²) in [7, 11) is 0. The zero-order valence-corrected chi connectivity index (χ0v) is 12.1. The van der Waals surface area contributed by atoms with Crippen molar-refractivity contribution in [2.24, 2.45) is 0 Å². The lowest BCUT2D eigenvalue weighted by Gasteiger charge is -2.03. The highest BCUT2D eigenvalue weighted by molar-refractivity contribution is 6.23. The number of hydrogen-bond donors (Lipinski definition) is 0. The van der Waals surface area contributed by atoms with Crippen LogP contribution in [0.4, 0.5) is 4.39 Å². The number of carbonyl (C=O) groups is 2. The minimum absolute atomic E-state index is 0.363. The van der Waals surface area contributed by atoms with Crippen LogP contribution in [0.1, 0.15) is 37.4 Å². The van der Waals surface area contributed by atoms with Gasteiger partial charge in [0.2, 0.25) is 0 Å². The summed E-state index contributed by atoms with van der Waals surface area (Å²) in [5.74, 6) is 1.54. The predicted octanol–water partition coefficient (Wildman–Crippen LogP) is 3.05. The van der Waals surface area contributed by atoms with Gasteiger partial charge in [-0.1, -0.05) is 12.1 Å². The number of fused-ring (bicyclic) bond motifs is 1. The molecule has 0 radical (unpaired) electrons. The number of aryl methyl sites for hydroxylation is 2. The zero-order chi connectivity index (χ0) is 15.9. The third kappa shape index (κ3) is 2.17. The Labute approximate surface area is 127 Å². The molecule has 0 atom stereocenters. The molecule has 1 aliphatic rings. The summed E-state index contributed by atoms with van der Waals surface area (Å²) in [4.78, 5) is 25.7.